The molecule has 2 heterocycles. The summed E-state index contributed by atoms with van der Waals surface area (Å²) in [6, 6.07) is 9.06. The molecule has 1 aromatic carbocycles. The van der Waals surface area contributed by atoms with Crippen LogP contribution in [-0.2, 0) is 11.7 Å². The molecule has 4 rings (SSSR count). The first-order chi connectivity index (χ1) is 12.9. The number of hydrogen-bond donors (Lipinski definition) is 1. The Bertz CT molecular complexity index is 983. The quantitative estimate of drug-likeness (QED) is 0.667. The van der Waals surface area contributed by atoms with Crippen molar-refractivity contribution in [2.75, 3.05) is 5.32 Å². The van der Waals surface area contributed by atoms with E-state index < -0.39 is 17.3 Å². The standard InChI is InChI=1S/C19H14F4N4/c20-15-4-2-1-3-14(15)18(6-7-18)27-16-5-8-25-17(26-16)12-9-13(11-24-10-12)19(21,22)23/h1-5,8-11H,6-7H2,(H,25,26,27). The highest BCUT2D eigenvalue weighted by molar-refractivity contribution is 5.58. The fourth-order valence-corrected chi connectivity index (χ4v) is 2.97. The lowest BCUT2D eigenvalue weighted by Gasteiger charge is -2.19. The number of nitrogens with one attached hydrogen (secondary N) is 1. The van der Waals surface area contributed by atoms with Gasteiger partial charge in [-0.1, -0.05) is 18.2 Å². The highest BCUT2D eigenvalue weighted by atomic mass is 19.4. The number of alkyl halides is 3. The lowest BCUT2D eigenvalue weighted by atomic mass is 10.0. The predicted octanol–water partition coefficient (Wildman–Crippen LogP) is 4.80. The Morgan fingerprint density at radius 1 is 1.04 bits per heavy atom. The summed E-state index contributed by atoms with van der Waals surface area (Å²) >= 11 is 0. The third kappa shape index (κ3) is 3.47. The summed E-state index contributed by atoms with van der Waals surface area (Å²) in [6.07, 6.45) is 0.446. The topological polar surface area (TPSA) is 50.7 Å². The molecule has 2 aromatic heterocycles. The molecule has 3 aromatic rings. The monoisotopic (exact) mass is 374 g/mol. The third-order valence-electron chi connectivity index (χ3n) is 4.49. The highest BCUT2D eigenvalue weighted by Crippen LogP contribution is 2.48. The van der Waals surface area contributed by atoms with Crippen molar-refractivity contribution in [2.45, 2.75) is 24.6 Å². The molecule has 8 heteroatoms. The number of hydrogen-bond acceptors (Lipinski definition) is 4. The van der Waals surface area contributed by atoms with Gasteiger partial charge in [-0.15, -0.1) is 0 Å². The minimum atomic E-state index is -4.50. The van der Waals surface area contributed by atoms with E-state index in [9.17, 15) is 17.6 Å². The Labute approximate surface area is 152 Å². The molecule has 27 heavy (non-hydrogen) atoms. The van der Waals surface area contributed by atoms with E-state index in [-0.39, 0.29) is 17.2 Å². The lowest BCUT2D eigenvalue weighted by Crippen LogP contribution is -2.21. The Kier molecular flexibility index (Phi) is 4.05. The summed E-state index contributed by atoms with van der Waals surface area (Å²) in [5, 5.41) is 3.21. The molecule has 0 amide bonds. The second-order valence-corrected chi connectivity index (χ2v) is 6.41. The molecule has 1 fully saturated rings. The average molecular weight is 374 g/mol. The van der Waals surface area contributed by atoms with Gasteiger partial charge in [-0.25, -0.2) is 14.4 Å². The van der Waals surface area contributed by atoms with Crippen LogP contribution >= 0.6 is 0 Å². The van der Waals surface area contributed by atoms with Crippen molar-refractivity contribution in [2.24, 2.45) is 0 Å². The largest absolute Gasteiger partial charge is 0.417 e. The molecule has 1 aliphatic rings. The normalized spacial score (nSPS) is 15.4. The van der Waals surface area contributed by atoms with Crippen LogP contribution in [0.5, 0.6) is 0 Å². The van der Waals surface area contributed by atoms with Crippen molar-refractivity contribution in [1.82, 2.24) is 15.0 Å². The molecule has 138 valence electrons. The van der Waals surface area contributed by atoms with Gasteiger partial charge in [0.15, 0.2) is 5.82 Å². The maximum Gasteiger partial charge on any atom is 0.417 e. The van der Waals surface area contributed by atoms with E-state index >= 15 is 0 Å². The van der Waals surface area contributed by atoms with Gasteiger partial charge < -0.3 is 5.32 Å². The number of benzene rings is 1. The van der Waals surface area contributed by atoms with Gasteiger partial charge in [0.2, 0.25) is 0 Å². The molecular weight excluding hydrogens is 360 g/mol. The average Bonchev–Trinajstić information content (AvgIpc) is 3.42. The summed E-state index contributed by atoms with van der Waals surface area (Å²) < 4.78 is 52.8. The first kappa shape index (κ1) is 17.4. The summed E-state index contributed by atoms with van der Waals surface area (Å²) in [5.41, 5.74) is -0.717. The molecule has 0 bridgehead atoms. The number of rotatable bonds is 4. The van der Waals surface area contributed by atoms with Gasteiger partial charge in [0.25, 0.3) is 0 Å². The van der Waals surface area contributed by atoms with Crippen LogP contribution in [0.2, 0.25) is 0 Å². The van der Waals surface area contributed by atoms with Crippen LogP contribution in [0.3, 0.4) is 0 Å². The third-order valence-corrected chi connectivity index (χ3v) is 4.49. The van der Waals surface area contributed by atoms with Crippen LogP contribution < -0.4 is 5.32 Å². The van der Waals surface area contributed by atoms with Gasteiger partial charge in [0.05, 0.1) is 11.1 Å². The number of anilines is 1. The summed E-state index contributed by atoms with van der Waals surface area (Å²) in [7, 11) is 0. The van der Waals surface area contributed by atoms with Gasteiger partial charge in [-0.05, 0) is 31.0 Å². The van der Waals surface area contributed by atoms with Crippen LogP contribution in [0.4, 0.5) is 23.4 Å². The second-order valence-electron chi connectivity index (χ2n) is 6.41. The van der Waals surface area contributed by atoms with Crippen LogP contribution in [-0.4, -0.2) is 15.0 Å². The van der Waals surface area contributed by atoms with E-state index in [1.807, 2.05) is 0 Å². The zero-order valence-corrected chi connectivity index (χ0v) is 14.0. The number of pyridine rings is 1. The van der Waals surface area contributed by atoms with Crippen molar-refractivity contribution in [3.8, 4) is 11.4 Å². The molecule has 0 spiro atoms. The van der Waals surface area contributed by atoms with Crippen molar-refractivity contribution in [3.05, 3.63) is 71.9 Å². The Morgan fingerprint density at radius 3 is 2.52 bits per heavy atom. The van der Waals surface area contributed by atoms with E-state index in [0.717, 1.165) is 25.1 Å². The van der Waals surface area contributed by atoms with E-state index in [1.54, 1.807) is 24.3 Å². The van der Waals surface area contributed by atoms with Crippen LogP contribution in [0.25, 0.3) is 11.4 Å². The van der Waals surface area contributed by atoms with Crippen molar-refractivity contribution in [3.63, 3.8) is 0 Å². The number of aromatic nitrogens is 3. The summed E-state index contributed by atoms with van der Waals surface area (Å²) in [5.74, 6) is 0.222. The van der Waals surface area contributed by atoms with E-state index in [4.69, 9.17) is 0 Å². The zero-order valence-electron chi connectivity index (χ0n) is 14.0. The highest BCUT2D eigenvalue weighted by Gasteiger charge is 2.46. The molecule has 0 radical (unpaired) electrons. The Morgan fingerprint density at radius 2 is 1.81 bits per heavy atom. The number of nitrogens with zero attached hydrogens (tertiary/aromatic N) is 3. The van der Waals surface area contributed by atoms with Gasteiger partial charge in [-0.3, -0.25) is 4.98 Å². The maximum atomic E-state index is 14.1. The van der Waals surface area contributed by atoms with E-state index in [2.05, 4.69) is 20.3 Å². The fraction of sp³-hybridized carbons (Fsp3) is 0.211. The van der Waals surface area contributed by atoms with Crippen molar-refractivity contribution >= 4 is 5.82 Å². The molecule has 0 saturated heterocycles. The van der Waals surface area contributed by atoms with Gasteiger partial charge in [-0.2, -0.15) is 13.2 Å². The van der Waals surface area contributed by atoms with Gasteiger partial charge in [0.1, 0.15) is 11.6 Å². The lowest BCUT2D eigenvalue weighted by molar-refractivity contribution is -0.137. The Hall–Kier alpha value is -3.03. The first-order valence-electron chi connectivity index (χ1n) is 8.26. The minimum Gasteiger partial charge on any atom is -0.360 e. The van der Waals surface area contributed by atoms with Gasteiger partial charge in [0, 0.05) is 29.7 Å². The van der Waals surface area contributed by atoms with Crippen LogP contribution in [0, 0.1) is 5.82 Å². The molecular formula is C19H14F4N4. The summed E-state index contributed by atoms with van der Waals surface area (Å²) in [4.78, 5) is 12.0. The molecule has 1 saturated carbocycles. The zero-order chi connectivity index (χ0) is 19.1. The van der Waals surface area contributed by atoms with E-state index in [1.165, 1.54) is 18.5 Å². The minimum absolute atomic E-state index is 0.114. The Balaban J connectivity index is 1.64. The molecule has 1 aliphatic carbocycles. The summed E-state index contributed by atoms with van der Waals surface area (Å²) in [6.45, 7) is 0. The molecule has 0 atom stereocenters. The fourth-order valence-electron chi connectivity index (χ4n) is 2.97. The van der Waals surface area contributed by atoms with E-state index in [0.29, 0.717) is 11.4 Å². The van der Waals surface area contributed by atoms with Crippen LogP contribution in [0.15, 0.2) is 55.0 Å². The smallest absolute Gasteiger partial charge is 0.360 e. The van der Waals surface area contributed by atoms with Crippen molar-refractivity contribution in [1.29, 1.82) is 0 Å². The molecule has 1 N–H and O–H groups in total. The maximum absolute atomic E-state index is 14.1. The first-order valence-corrected chi connectivity index (χ1v) is 8.26. The van der Waals surface area contributed by atoms with Crippen molar-refractivity contribution < 1.29 is 17.6 Å². The van der Waals surface area contributed by atoms with Crippen LogP contribution in [0.1, 0.15) is 24.0 Å². The second kappa shape index (κ2) is 6.29. The SMILES string of the molecule is Fc1ccccc1C1(Nc2ccnc(-c3cncc(C(F)(F)F)c3)n2)CC1. The molecule has 4 nitrogen and oxygen atoms in total. The predicted molar refractivity (Wildman–Crippen MR) is 91.2 cm³/mol. The molecule has 0 unspecified atom stereocenters. The number of halogens is 4. The molecule has 0 aliphatic heterocycles. The van der Waals surface area contributed by atoms with Gasteiger partial charge >= 0.3 is 6.18 Å².